The second-order valence-electron chi connectivity index (χ2n) is 6.55. The van der Waals surface area contributed by atoms with Crippen LogP contribution in [0.1, 0.15) is 30.5 Å². The summed E-state index contributed by atoms with van der Waals surface area (Å²) in [5.41, 5.74) is -1.80. The lowest BCUT2D eigenvalue weighted by atomic mass is 9.81. The Morgan fingerprint density at radius 1 is 1.19 bits per heavy atom. The molecule has 1 aromatic heterocycles. The van der Waals surface area contributed by atoms with Gasteiger partial charge in [0, 0.05) is 18.9 Å². The van der Waals surface area contributed by atoms with Crippen molar-refractivity contribution in [2.75, 3.05) is 20.3 Å². The van der Waals surface area contributed by atoms with Gasteiger partial charge in [-0.3, -0.25) is 9.59 Å². The largest absolute Gasteiger partial charge is 0.506 e. The highest BCUT2D eigenvalue weighted by atomic mass is 19.4. The predicted molar refractivity (Wildman–Crippen MR) is 87.0 cm³/mol. The van der Waals surface area contributed by atoms with Crippen molar-refractivity contribution < 1.29 is 37.3 Å². The molecule has 0 aromatic carbocycles. The van der Waals surface area contributed by atoms with Gasteiger partial charge in [0.25, 0.3) is 0 Å². The van der Waals surface area contributed by atoms with Gasteiger partial charge in [-0.2, -0.15) is 13.2 Å². The van der Waals surface area contributed by atoms with Gasteiger partial charge in [0.1, 0.15) is 23.6 Å². The zero-order chi connectivity index (χ0) is 19.8. The number of carbonyl (C=O) groups excluding carboxylic acids is 2. The van der Waals surface area contributed by atoms with Crippen molar-refractivity contribution in [1.82, 2.24) is 4.98 Å². The first-order chi connectivity index (χ1) is 12.7. The number of allylic oxidation sites excluding steroid dienone is 1. The topological polar surface area (TPSA) is 85.7 Å². The molecule has 146 valence electrons. The van der Waals surface area contributed by atoms with Gasteiger partial charge < -0.3 is 14.6 Å². The second-order valence-corrected chi connectivity index (χ2v) is 6.55. The van der Waals surface area contributed by atoms with Crippen molar-refractivity contribution in [3.63, 3.8) is 0 Å². The molecule has 9 heteroatoms. The molecule has 1 aromatic rings. The average Bonchev–Trinajstić information content (AvgIpc) is 3.07. The lowest BCUT2D eigenvalue weighted by molar-refractivity contribution is -0.141. The van der Waals surface area contributed by atoms with Crippen LogP contribution in [0, 0.1) is 11.8 Å². The minimum Gasteiger partial charge on any atom is -0.506 e. The number of hydrogen-bond acceptors (Lipinski definition) is 6. The second kappa shape index (κ2) is 7.30. The fourth-order valence-corrected chi connectivity index (χ4v) is 3.47. The maximum atomic E-state index is 13.0. The van der Waals surface area contributed by atoms with E-state index in [-0.39, 0.29) is 36.2 Å². The minimum atomic E-state index is -4.71. The van der Waals surface area contributed by atoms with Crippen molar-refractivity contribution in [3.8, 4) is 5.88 Å². The zero-order valence-electron chi connectivity index (χ0n) is 14.5. The number of hydrogen-bond donors (Lipinski definition) is 1. The molecule has 0 saturated heterocycles. The molecule has 2 aliphatic rings. The first-order valence-corrected chi connectivity index (χ1v) is 8.46. The number of fused-ring (bicyclic) bond motifs is 2. The Hall–Kier alpha value is -2.42. The number of carbonyl (C=O) groups is 2. The Morgan fingerprint density at radius 2 is 1.81 bits per heavy atom. The third kappa shape index (κ3) is 3.69. The van der Waals surface area contributed by atoms with Gasteiger partial charge in [-0.25, -0.2) is 4.98 Å². The lowest BCUT2D eigenvalue weighted by Crippen LogP contribution is -2.30. The van der Waals surface area contributed by atoms with Crippen LogP contribution in [0.5, 0.6) is 5.88 Å². The molecule has 2 fully saturated rings. The summed E-state index contributed by atoms with van der Waals surface area (Å²) in [5.74, 6) is -2.83. The van der Waals surface area contributed by atoms with Gasteiger partial charge in [0.2, 0.25) is 5.88 Å². The van der Waals surface area contributed by atoms with Crippen molar-refractivity contribution in [1.29, 1.82) is 0 Å². The number of nitrogens with zero attached hydrogens (tertiary/aromatic N) is 1. The van der Waals surface area contributed by atoms with Crippen molar-refractivity contribution in [2.24, 2.45) is 11.8 Å². The highest BCUT2D eigenvalue weighted by Gasteiger charge is 2.45. The van der Waals surface area contributed by atoms with E-state index in [0.717, 1.165) is 6.07 Å². The molecule has 2 unspecified atom stereocenters. The first-order valence-electron chi connectivity index (χ1n) is 8.46. The molecule has 27 heavy (non-hydrogen) atoms. The number of halogens is 3. The van der Waals surface area contributed by atoms with Gasteiger partial charge in [0.05, 0.1) is 12.2 Å². The predicted octanol–water partition coefficient (Wildman–Crippen LogP) is 2.96. The molecule has 2 saturated carbocycles. The molecule has 0 amide bonds. The van der Waals surface area contributed by atoms with Crippen LogP contribution in [0.4, 0.5) is 13.2 Å². The number of pyridine rings is 1. The Bertz CT molecular complexity index is 779. The fourth-order valence-electron chi connectivity index (χ4n) is 3.47. The summed E-state index contributed by atoms with van der Waals surface area (Å²) in [5, 5.41) is 10.6. The van der Waals surface area contributed by atoms with Gasteiger partial charge in [0.15, 0.2) is 11.6 Å². The number of ether oxygens (including phenoxy) is 2. The summed E-state index contributed by atoms with van der Waals surface area (Å²) < 4.78 is 48.9. The molecule has 0 radical (unpaired) electrons. The quantitative estimate of drug-likeness (QED) is 0.363. The van der Waals surface area contributed by atoms with E-state index in [0.29, 0.717) is 25.3 Å². The van der Waals surface area contributed by atoms with Crippen LogP contribution < -0.4 is 4.74 Å². The Kier molecular flexibility index (Phi) is 5.23. The van der Waals surface area contributed by atoms with E-state index in [4.69, 9.17) is 9.47 Å². The van der Waals surface area contributed by atoms with Crippen molar-refractivity contribution >= 4 is 17.3 Å². The molecular formula is C18H18F3NO5. The van der Waals surface area contributed by atoms with E-state index < -0.39 is 35.1 Å². The smallest absolute Gasteiger partial charge is 0.433 e. The standard InChI is InChI=1S/C18H18F3NO5/c1-26-6-7-27-17-11(4-5-12(22-17)18(19,20)21)16(25)13-14(23)9-2-3-10(8-9)15(13)24/h4-5,9-10,25H,2-3,6-8H2,1H3. The highest BCUT2D eigenvalue weighted by Crippen LogP contribution is 2.42. The molecule has 2 bridgehead atoms. The summed E-state index contributed by atoms with van der Waals surface area (Å²) in [4.78, 5) is 28.4. The number of Topliss-reactive ketones (excluding diaryl/α,β-unsaturated/α-hetero) is 2. The molecule has 1 N–H and O–H groups in total. The lowest BCUT2D eigenvalue weighted by Gasteiger charge is -2.21. The van der Waals surface area contributed by atoms with E-state index in [1.807, 2.05) is 0 Å². The summed E-state index contributed by atoms with van der Waals surface area (Å²) in [6.07, 6.45) is -3.13. The van der Waals surface area contributed by atoms with Crippen LogP contribution in [-0.2, 0) is 20.5 Å². The maximum Gasteiger partial charge on any atom is 0.433 e. The third-order valence-corrected chi connectivity index (χ3v) is 4.84. The fraction of sp³-hybridized carbons (Fsp3) is 0.500. The van der Waals surface area contributed by atoms with Crippen LogP contribution >= 0.6 is 0 Å². The number of ketones is 2. The van der Waals surface area contributed by atoms with Crippen molar-refractivity contribution in [3.05, 3.63) is 29.0 Å². The number of aliphatic hydroxyl groups excluding tert-OH is 1. The van der Waals surface area contributed by atoms with Crippen LogP contribution in [0.3, 0.4) is 0 Å². The van der Waals surface area contributed by atoms with E-state index in [2.05, 4.69) is 4.98 Å². The minimum absolute atomic E-state index is 0.0801. The maximum absolute atomic E-state index is 13.0. The SMILES string of the molecule is COCCOc1nc(C(F)(F)F)ccc1C(O)=C1C(=O)C2CCC(C2)C1=O. The van der Waals surface area contributed by atoms with Crippen molar-refractivity contribution in [2.45, 2.75) is 25.4 Å². The summed E-state index contributed by atoms with van der Waals surface area (Å²) in [6.45, 7) is -0.0374. The third-order valence-electron chi connectivity index (χ3n) is 4.84. The Morgan fingerprint density at radius 3 is 2.37 bits per heavy atom. The molecule has 0 aliphatic heterocycles. The van der Waals surface area contributed by atoms with Crippen LogP contribution in [0.2, 0.25) is 0 Å². The molecule has 0 spiro atoms. The van der Waals surface area contributed by atoms with E-state index in [1.54, 1.807) is 0 Å². The van der Waals surface area contributed by atoms with Gasteiger partial charge in [-0.1, -0.05) is 0 Å². The normalized spacial score (nSPS) is 22.3. The molecule has 2 aliphatic carbocycles. The summed E-state index contributed by atoms with van der Waals surface area (Å²) in [6, 6.07) is 1.62. The number of aliphatic hydroxyl groups is 1. The van der Waals surface area contributed by atoms with Crippen LogP contribution in [0.15, 0.2) is 17.7 Å². The summed E-state index contributed by atoms with van der Waals surface area (Å²) >= 11 is 0. The number of methoxy groups -OCH3 is 1. The van der Waals surface area contributed by atoms with Gasteiger partial charge in [-0.05, 0) is 31.4 Å². The zero-order valence-corrected chi connectivity index (χ0v) is 14.5. The van der Waals surface area contributed by atoms with E-state index in [1.165, 1.54) is 7.11 Å². The Balaban J connectivity index is 2.06. The molecule has 6 nitrogen and oxygen atoms in total. The molecular weight excluding hydrogens is 367 g/mol. The first kappa shape index (κ1) is 19.3. The Labute approximate surface area is 153 Å². The molecule has 3 rings (SSSR count). The van der Waals surface area contributed by atoms with Gasteiger partial charge >= 0.3 is 6.18 Å². The van der Waals surface area contributed by atoms with Crippen LogP contribution in [0.25, 0.3) is 5.76 Å². The highest BCUT2D eigenvalue weighted by molar-refractivity contribution is 6.27. The van der Waals surface area contributed by atoms with E-state index in [9.17, 15) is 27.9 Å². The number of rotatable bonds is 5. The summed E-state index contributed by atoms with van der Waals surface area (Å²) in [7, 11) is 1.39. The molecule has 2 atom stereocenters. The number of aromatic nitrogens is 1. The molecule has 1 heterocycles. The average molecular weight is 385 g/mol. The monoisotopic (exact) mass is 385 g/mol. The van der Waals surface area contributed by atoms with E-state index >= 15 is 0 Å². The number of alkyl halides is 3. The van der Waals surface area contributed by atoms with Crippen LogP contribution in [-0.4, -0.2) is 42.0 Å². The van der Waals surface area contributed by atoms with Gasteiger partial charge in [-0.15, -0.1) is 0 Å².